The number of carbonyl (C=O) groups is 1. The lowest BCUT2D eigenvalue weighted by atomic mass is 10.1. The molecule has 0 spiro atoms. The van der Waals surface area contributed by atoms with E-state index in [0.29, 0.717) is 11.3 Å². The van der Waals surface area contributed by atoms with Crippen molar-refractivity contribution in [2.75, 3.05) is 12.9 Å². The van der Waals surface area contributed by atoms with E-state index < -0.39 is 11.9 Å². The Hall–Kier alpha value is -2.87. The van der Waals surface area contributed by atoms with Gasteiger partial charge in [0.1, 0.15) is 5.75 Å². The zero-order chi connectivity index (χ0) is 19.2. The minimum absolute atomic E-state index is 0.0712. The number of thioether (sulfide) groups is 1. The van der Waals surface area contributed by atoms with Crippen LogP contribution in [0.3, 0.4) is 0 Å². The van der Waals surface area contributed by atoms with Crippen LogP contribution < -0.4 is 9.47 Å². The van der Waals surface area contributed by atoms with E-state index in [2.05, 4.69) is 10.2 Å². The number of para-hydroxylation sites is 1. The second kappa shape index (κ2) is 8.68. The van der Waals surface area contributed by atoms with Crippen molar-refractivity contribution in [1.29, 1.82) is 0 Å². The Bertz CT molecular complexity index is 914. The summed E-state index contributed by atoms with van der Waals surface area (Å²) in [5, 5.41) is 8.04. The van der Waals surface area contributed by atoms with E-state index in [0.717, 1.165) is 11.8 Å². The van der Waals surface area contributed by atoms with Gasteiger partial charge >= 0.3 is 0 Å². The van der Waals surface area contributed by atoms with Crippen LogP contribution in [0.1, 0.15) is 29.3 Å². The smallest absolute Gasteiger partial charge is 0.277 e. The molecule has 0 aliphatic heterocycles. The van der Waals surface area contributed by atoms with E-state index in [-0.39, 0.29) is 28.4 Å². The molecule has 0 unspecified atom stereocenters. The lowest BCUT2D eigenvalue weighted by molar-refractivity contribution is 0.102. The number of rotatable bonds is 8. The third-order valence-corrected chi connectivity index (χ3v) is 4.47. The number of benzene rings is 2. The molecule has 2 aromatic carbocycles. The van der Waals surface area contributed by atoms with Gasteiger partial charge < -0.3 is 13.9 Å². The average molecular weight is 388 g/mol. The maximum Gasteiger partial charge on any atom is 0.277 e. The molecule has 1 aromatic heterocycles. The van der Waals surface area contributed by atoms with Crippen LogP contribution in [-0.4, -0.2) is 28.8 Å². The van der Waals surface area contributed by atoms with Gasteiger partial charge in [-0.1, -0.05) is 23.9 Å². The largest absolute Gasteiger partial charge is 0.497 e. The van der Waals surface area contributed by atoms with Crippen LogP contribution in [0, 0.1) is 5.82 Å². The van der Waals surface area contributed by atoms with Gasteiger partial charge in [0.15, 0.2) is 23.5 Å². The van der Waals surface area contributed by atoms with Gasteiger partial charge in [0.25, 0.3) is 11.1 Å². The molecule has 0 N–H and O–H groups in total. The summed E-state index contributed by atoms with van der Waals surface area (Å²) in [5.41, 5.74) is 0.569. The molecule has 1 heterocycles. The summed E-state index contributed by atoms with van der Waals surface area (Å²) in [6, 6.07) is 12.9. The minimum Gasteiger partial charge on any atom is -0.497 e. The fourth-order valence-electron chi connectivity index (χ4n) is 2.21. The Balaban J connectivity index is 1.57. The van der Waals surface area contributed by atoms with E-state index in [1.807, 2.05) is 0 Å². The average Bonchev–Trinajstić information content (AvgIpc) is 3.17. The van der Waals surface area contributed by atoms with Crippen molar-refractivity contribution in [3.63, 3.8) is 0 Å². The summed E-state index contributed by atoms with van der Waals surface area (Å²) in [6.07, 6.45) is -0.624. The quantitative estimate of drug-likeness (QED) is 0.420. The van der Waals surface area contributed by atoms with Gasteiger partial charge in [-0.2, -0.15) is 0 Å². The molecule has 3 aromatic rings. The Morgan fingerprint density at radius 1 is 1.19 bits per heavy atom. The van der Waals surface area contributed by atoms with Crippen molar-refractivity contribution in [2.24, 2.45) is 0 Å². The van der Waals surface area contributed by atoms with E-state index in [1.165, 1.54) is 12.1 Å². The number of nitrogens with zero attached hydrogens (tertiary/aromatic N) is 2. The van der Waals surface area contributed by atoms with Crippen molar-refractivity contribution in [3.05, 3.63) is 65.8 Å². The Morgan fingerprint density at radius 3 is 2.63 bits per heavy atom. The summed E-state index contributed by atoms with van der Waals surface area (Å²) in [5.74, 6) is 0.604. The standard InChI is InChI=1S/C19H17FN2O4S/c1-12(25-17-6-4-3-5-15(17)20)18-21-22-19(26-18)27-11-16(23)13-7-9-14(24-2)10-8-13/h3-10,12H,11H2,1-2H3/t12-/m1/s1. The van der Waals surface area contributed by atoms with Gasteiger partial charge in [0.05, 0.1) is 12.9 Å². The van der Waals surface area contributed by atoms with Gasteiger partial charge in [-0.25, -0.2) is 4.39 Å². The minimum atomic E-state index is -0.624. The van der Waals surface area contributed by atoms with E-state index in [9.17, 15) is 9.18 Å². The normalized spacial score (nSPS) is 11.8. The summed E-state index contributed by atoms with van der Waals surface area (Å²) in [6.45, 7) is 1.68. The van der Waals surface area contributed by atoms with Crippen molar-refractivity contribution >= 4 is 17.5 Å². The van der Waals surface area contributed by atoms with E-state index in [4.69, 9.17) is 13.9 Å². The molecule has 0 amide bonds. The Morgan fingerprint density at radius 2 is 1.93 bits per heavy atom. The number of halogens is 1. The molecule has 0 saturated carbocycles. The molecule has 1 atom stereocenters. The summed E-state index contributed by atoms with van der Waals surface area (Å²) >= 11 is 1.13. The van der Waals surface area contributed by atoms with Crippen LogP contribution in [0.5, 0.6) is 11.5 Å². The fraction of sp³-hybridized carbons (Fsp3) is 0.211. The van der Waals surface area contributed by atoms with Crippen LogP contribution in [0.2, 0.25) is 0 Å². The number of hydrogen-bond acceptors (Lipinski definition) is 7. The highest BCUT2D eigenvalue weighted by molar-refractivity contribution is 7.99. The predicted octanol–water partition coefficient (Wildman–Crippen LogP) is 4.33. The van der Waals surface area contributed by atoms with Crippen LogP contribution in [0.25, 0.3) is 0 Å². The highest BCUT2D eigenvalue weighted by atomic mass is 32.2. The summed E-state index contributed by atoms with van der Waals surface area (Å²) in [7, 11) is 1.57. The van der Waals surface area contributed by atoms with Crippen LogP contribution in [0.15, 0.2) is 58.2 Å². The third-order valence-electron chi connectivity index (χ3n) is 3.65. The van der Waals surface area contributed by atoms with Gasteiger partial charge in [-0.3, -0.25) is 4.79 Å². The molecule has 0 radical (unpaired) electrons. The Kier molecular flexibility index (Phi) is 6.08. The molecule has 0 fully saturated rings. The number of carbonyl (C=O) groups excluding carboxylic acids is 1. The van der Waals surface area contributed by atoms with Crippen molar-refractivity contribution in [2.45, 2.75) is 18.3 Å². The second-order valence-electron chi connectivity index (χ2n) is 5.54. The molecule has 0 aliphatic carbocycles. The molecule has 27 heavy (non-hydrogen) atoms. The number of Topliss-reactive ketones (excluding diaryl/α,β-unsaturated/α-hetero) is 1. The molecule has 0 bridgehead atoms. The molecule has 0 saturated heterocycles. The number of ketones is 1. The molecular formula is C19H17FN2O4S. The zero-order valence-corrected chi connectivity index (χ0v) is 15.5. The SMILES string of the molecule is COc1ccc(C(=O)CSc2nnc([C@@H](C)Oc3ccccc3F)o2)cc1. The van der Waals surface area contributed by atoms with E-state index in [1.54, 1.807) is 50.4 Å². The van der Waals surface area contributed by atoms with Crippen molar-refractivity contribution in [1.82, 2.24) is 10.2 Å². The lowest BCUT2D eigenvalue weighted by Crippen LogP contribution is -2.04. The van der Waals surface area contributed by atoms with Gasteiger partial charge in [0.2, 0.25) is 0 Å². The highest BCUT2D eigenvalue weighted by Crippen LogP contribution is 2.26. The lowest BCUT2D eigenvalue weighted by Gasteiger charge is -2.11. The first-order chi connectivity index (χ1) is 13.1. The molecule has 6 nitrogen and oxygen atoms in total. The zero-order valence-electron chi connectivity index (χ0n) is 14.7. The molecule has 8 heteroatoms. The van der Waals surface area contributed by atoms with Gasteiger partial charge in [0, 0.05) is 5.56 Å². The number of hydrogen-bond donors (Lipinski definition) is 0. The first kappa shape index (κ1) is 18.9. The number of aromatic nitrogens is 2. The van der Waals surface area contributed by atoms with Crippen molar-refractivity contribution in [3.8, 4) is 11.5 Å². The predicted molar refractivity (Wildman–Crippen MR) is 97.8 cm³/mol. The van der Waals surface area contributed by atoms with Gasteiger partial charge in [-0.05, 0) is 43.3 Å². The topological polar surface area (TPSA) is 74.5 Å². The van der Waals surface area contributed by atoms with Gasteiger partial charge in [-0.15, -0.1) is 10.2 Å². The van der Waals surface area contributed by atoms with Crippen molar-refractivity contribution < 1.29 is 23.1 Å². The maximum atomic E-state index is 13.6. The molecule has 3 rings (SSSR count). The maximum absolute atomic E-state index is 13.6. The first-order valence-electron chi connectivity index (χ1n) is 8.11. The van der Waals surface area contributed by atoms with Crippen LogP contribution >= 0.6 is 11.8 Å². The Labute approximate surface area is 159 Å². The number of ether oxygens (including phenoxy) is 2. The highest BCUT2D eigenvalue weighted by Gasteiger charge is 2.18. The molecule has 0 aliphatic rings. The van der Waals surface area contributed by atoms with Crippen LogP contribution in [-0.2, 0) is 0 Å². The second-order valence-corrected chi connectivity index (χ2v) is 6.46. The number of methoxy groups -OCH3 is 1. The van der Waals surface area contributed by atoms with Crippen LogP contribution in [0.4, 0.5) is 4.39 Å². The molecular weight excluding hydrogens is 371 g/mol. The monoisotopic (exact) mass is 388 g/mol. The fourth-order valence-corrected chi connectivity index (χ4v) is 2.88. The molecule has 140 valence electrons. The van der Waals surface area contributed by atoms with E-state index >= 15 is 0 Å². The summed E-state index contributed by atoms with van der Waals surface area (Å²) in [4.78, 5) is 12.2. The first-order valence-corrected chi connectivity index (χ1v) is 9.10. The summed E-state index contributed by atoms with van der Waals surface area (Å²) < 4.78 is 29.7. The third kappa shape index (κ3) is 4.85.